The Kier molecular flexibility index (Phi) is 14.2. The van der Waals surface area contributed by atoms with Crippen LogP contribution in [-0.4, -0.2) is 30.7 Å². The van der Waals surface area contributed by atoms with E-state index in [1.807, 2.05) is 14.0 Å². The second-order valence-corrected chi connectivity index (χ2v) is 7.57. The average molecular weight is 342 g/mol. The molecule has 24 heavy (non-hydrogen) atoms. The Hall–Kier alpha value is -0.730. The number of carbonyl (C=O) groups is 1. The molecular weight excluding hydrogens is 298 g/mol. The maximum absolute atomic E-state index is 12.2. The first kappa shape index (κ1) is 23.3. The largest absolute Gasteiger partial charge is 0.446 e. The Balaban J connectivity index is 4.73. The lowest BCUT2D eigenvalue weighted by atomic mass is 9.84. The Labute approximate surface area is 151 Å². The van der Waals surface area contributed by atoms with E-state index in [-0.39, 0.29) is 12.2 Å². The quantitative estimate of drug-likeness (QED) is 0.331. The topological polar surface area (TPSA) is 29.5 Å². The summed E-state index contributed by atoms with van der Waals surface area (Å²) in [6.45, 7) is 11.6. The molecule has 0 aliphatic heterocycles. The van der Waals surface area contributed by atoms with Crippen LogP contribution in [0, 0.1) is 11.8 Å². The zero-order chi connectivity index (χ0) is 18.4. The van der Waals surface area contributed by atoms with E-state index in [0.29, 0.717) is 18.4 Å². The smallest absolute Gasteiger partial charge is 0.409 e. The maximum atomic E-state index is 12.2. The standard InChI is InChI=1S/C21H43NO2/c1-7-10-12-14-16-19(17-15-13-11-8-2)20(18(4)5)24-21(23)22(6)9-3/h18-20H,7-17H2,1-6H3. The van der Waals surface area contributed by atoms with Crippen molar-refractivity contribution in [1.82, 2.24) is 4.90 Å². The molecule has 0 saturated heterocycles. The fourth-order valence-electron chi connectivity index (χ4n) is 3.25. The zero-order valence-electron chi connectivity index (χ0n) is 17.3. The van der Waals surface area contributed by atoms with E-state index in [1.165, 1.54) is 64.2 Å². The predicted molar refractivity (Wildman–Crippen MR) is 104 cm³/mol. The molecule has 0 rings (SSSR count). The number of ether oxygens (including phenoxy) is 1. The normalized spacial score (nSPS) is 12.7. The van der Waals surface area contributed by atoms with E-state index in [9.17, 15) is 4.79 Å². The molecule has 0 aromatic carbocycles. The van der Waals surface area contributed by atoms with Crippen LogP contribution >= 0.6 is 0 Å². The summed E-state index contributed by atoms with van der Waals surface area (Å²) in [5.74, 6) is 0.884. The lowest BCUT2D eigenvalue weighted by molar-refractivity contribution is 0.00838. The van der Waals surface area contributed by atoms with Gasteiger partial charge in [-0.15, -0.1) is 0 Å². The van der Waals surface area contributed by atoms with Gasteiger partial charge in [0.2, 0.25) is 0 Å². The van der Waals surface area contributed by atoms with E-state index in [1.54, 1.807) is 4.90 Å². The molecule has 0 aromatic rings. The first-order valence-electron chi connectivity index (χ1n) is 10.4. The molecule has 0 bridgehead atoms. The average Bonchev–Trinajstić information content (AvgIpc) is 2.57. The number of nitrogens with zero attached hydrogens (tertiary/aromatic N) is 1. The molecule has 0 aliphatic rings. The number of hydrogen-bond donors (Lipinski definition) is 0. The number of hydrogen-bond acceptors (Lipinski definition) is 2. The van der Waals surface area contributed by atoms with Gasteiger partial charge in [0, 0.05) is 13.6 Å². The molecule has 0 N–H and O–H groups in total. The summed E-state index contributed by atoms with van der Waals surface area (Å²) in [6.07, 6.45) is 12.6. The summed E-state index contributed by atoms with van der Waals surface area (Å²) in [5.41, 5.74) is 0. The van der Waals surface area contributed by atoms with Crippen molar-refractivity contribution in [2.24, 2.45) is 11.8 Å². The van der Waals surface area contributed by atoms with E-state index >= 15 is 0 Å². The van der Waals surface area contributed by atoms with Crippen LogP contribution in [0.15, 0.2) is 0 Å². The van der Waals surface area contributed by atoms with Crippen LogP contribution in [0.25, 0.3) is 0 Å². The summed E-state index contributed by atoms with van der Waals surface area (Å²) in [5, 5.41) is 0. The third-order valence-corrected chi connectivity index (χ3v) is 5.00. The van der Waals surface area contributed by atoms with Gasteiger partial charge in [-0.05, 0) is 31.6 Å². The second-order valence-electron chi connectivity index (χ2n) is 7.57. The molecule has 0 radical (unpaired) electrons. The lowest BCUT2D eigenvalue weighted by Gasteiger charge is -2.31. The fraction of sp³-hybridized carbons (Fsp3) is 0.952. The molecule has 0 aliphatic carbocycles. The minimum absolute atomic E-state index is 0.0507. The lowest BCUT2D eigenvalue weighted by Crippen LogP contribution is -2.37. The van der Waals surface area contributed by atoms with Crippen LogP contribution in [0.3, 0.4) is 0 Å². The summed E-state index contributed by atoms with van der Waals surface area (Å²) in [6, 6.07) is 0. The molecule has 0 heterocycles. The van der Waals surface area contributed by atoms with E-state index in [4.69, 9.17) is 4.74 Å². The highest BCUT2D eigenvalue weighted by Gasteiger charge is 2.28. The molecule has 0 aromatic heterocycles. The SMILES string of the molecule is CCCCCCC(CCCCCC)C(OC(=O)N(C)CC)C(C)C. The predicted octanol–water partition coefficient (Wildman–Crippen LogP) is 6.66. The van der Waals surface area contributed by atoms with Crippen LogP contribution in [0.1, 0.15) is 98.8 Å². The van der Waals surface area contributed by atoms with Crippen molar-refractivity contribution in [3.63, 3.8) is 0 Å². The van der Waals surface area contributed by atoms with Crippen molar-refractivity contribution in [3.05, 3.63) is 0 Å². The van der Waals surface area contributed by atoms with Crippen molar-refractivity contribution < 1.29 is 9.53 Å². The van der Waals surface area contributed by atoms with Crippen molar-refractivity contribution in [2.75, 3.05) is 13.6 Å². The van der Waals surface area contributed by atoms with Crippen LogP contribution in [0.5, 0.6) is 0 Å². The molecule has 0 spiro atoms. The highest BCUT2D eigenvalue weighted by atomic mass is 16.6. The Morgan fingerprint density at radius 2 is 1.38 bits per heavy atom. The van der Waals surface area contributed by atoms with Gasteiger partial charge in [-0.2, -0.15) is 0 Å². The molecule has 3 nitrogen and oxygen atoms in total. The minimum atomic E-state index is -0.164. The Morgan fingerprint density at radius 1 is 0.875 bits per heavy atom. The second kappa shape index (κ2) is 14.6. The van der Waals surface area contributed by atoms with E-state index in [2.05, 4.69) is 27.7 Å². The van der Waals surface area contributed by atoms with Crippen molar-refractivity contribution in [3.8, 4) is 0 Å². The van der Waals surface area contributed by atoms with Crippen LogP contribution < -0.4 is 0 Å². The van der Waals surface area contributed by atoms with Gasteiger partial charge in [-0.1, -0.05) is 79.1 Å². The van der Waals surface area contributed by atoms with Crippen molar-refractivity contribution >= 4 is 6.09 Å². The van der Waals surface area contributed by atoms with E-state index in [0.717, 1.165) is 0 Å². The molecule has 1 amide bonds. The van der Waals surface area contributed by atoms with Gasteiger partial charge in [-0.3, -0.25) is 0 Å². The Bertz CT molecular complexity index is 292. The monoisotopic (exact) mass is 341 g/mol. The van der Waals surface area contributed by atoms with Crippen LogP contribution in [0.2, 0.25) is 0 Å². The zero-order valence-corrected chi connectivity index (χ0v) is 17.3. The van der Waals surface area contributed by atoms with Gasteiger partial charge in [0.15, 0.2) is 0 Å². The van der Waals surface area contributed by atoms with Gasteiger partial charge < -0.3 is 9.64 Å². The third-order valence-electron chi connectivity index (χ3n) is 5.00. The summed E-state index contributed by atoms with van der Waals surface area (Å²) in [7, 11) is 1.82. The number of rotatable bonds is 14. The van der Waals surface area contributed by atoms with Crippen LogP contribution in [-0.2, 0) is 4.74 Å². The fourth-order valence-corrected chi connectivity index (χ4v) is 3.25. The first-order chi connectivity index (χ1) is 11.5. The summed E-state index contributed by atoms with van der Waals surface area (Å²) >= 11 is 0. The molecule has 0 fully saturated rings. The maximum Gasteiger partial charge on any atom is 0.409 e. The number of unbranched alkanes of at least 4 members (excludes halogenated alkanes) is 6. The van der Waals surface area contributed by atoms with Gasteiger partial charge >= 0.3 is 6.09 Å². The Morgan fingerprint density at radius 3 is 1.75 bits per heavy atom. The van der Waals surface area contributed by atoms with Gasteiger partial charge in [0.1, 0.15) is 6.10 Å². The summed E-state index contributed by atoms with van der Waals surface area (Å²) in [4.78, 5) is 13.9. The van der Waals surface area contributed by atoms with Crippen molar-refractivity contribution in [1.29, 1.82) is 0 Å². The molecule has 1 unspecified atom stereocenters. The van der Waals surface area contributed by atoms with Gasteiger partial charge in [0.25, 0.3) is 0 Å². The van der Waals surface area contributed by atoms with Crippen LogP contribution in [0.4, 0.5) is 4.79 Å². The van der Waals surface area contributed by atoms with E-state index < -0.39 is 0 Å². The molecule has 144 valence electrons. The minimum Gasteiger partial charge on any atom is -0.446 e. The van der Waals surface area contributed by atoms with Crippen molar-refractivity contribution in [2.45, 2.75) is 105 Å². The van der Waals surface area contributed by atoms with Gasteiger partial charge in [-0.25, -0.2) is 4.79 Å². The molecular formula is C21H43NO2. The van der Waals surface area contributed by atoms with Gasteiger partial charge in [0.05, 0.1) is 0 Å². The summed E-state index contributed by atoms with van der Waals surface area (Å²) < 4.78 is 5.93. The number of carbonyl (C=O) groups excluding carboxylic acids is 1. The third kappa shape index (κ3) is 10.2. The highest BCUT2D eigenvalue weighted by molar-refractivity contribution is 5.67. The molecule has 1 atom stereocenters. The highest BCUT2D eigenvalue weighted by Crippen LogP contribution is 2.28. The number of amides is 1. The molecule has 0 saturated carbocycles. The first-order valence-corrected chi connectivity index (χ1v) is 10.4. The molecule has 3 heteroatoms.